The van der Waals surface area contributed by atoms with Gasteiger partial charge in [-0.15, -0.1) is 11.6 Å². The number of nitrogens with zero attached hydrogens (tertiary/aromatic N) is 3. The van der Waals surface area contributed by atoms with Crippen LogP contribution >= 0.6 is 50.1 Å². The molecule has 0 radical (unpaired) electrons. The standard InChI is InChI=1S/C15H8BrClIN3/c16-10-2-1-9(8-19)14(5-10)21-13-4-3-11(18)6-12(13)20-15(21)7-17/h1-6H,7H2. The first kappa shape index (κ1) is 14.8. The predicted octanol–water partition coefficient (Wildman–Crippen LogP) is 5.00. The summed E-state index contributed by atoms with van der Waals surface area (Å²) in [6, 6.07) is 13.8. The van der Waals surface area contributed by atoms with Crippen molar-refractivity contribution in [3.63, 3.8) is 0 Å². The fourth-order valence-corrected chi connectivity index (χ4v) is 3.25. The molecule has 3 nitrogen and oxygen atoms in total. The van der Waals surface area contributed by atoms with Gasteiger partial charge in [-0.1, -0.05) is 15.9 Å². The van der Waals surface area contributed by atoms with E-state index in [4.69, 9.17) is 11.6 Å². The molecule has 0 fully saturated rings. The van der Waals surface area contributed by atoms with Gasteiger partial charge in [-0.05, 0) is 59.0 Å². The average molecular weight is 473 g/mol. The second-order valence-corrected chi connectivity index (χ2v) is 6.83. The van der Waals surface area contributed by atoms with Crippen LogP contribution in [0.1, 0.15) is 11.4 Å². The maximum absolute atomic E-state index is 9.35. The Morgan fingerprint density at radius 3 is 2.81 bits per heavy atom. The van der Waals surface area contributed by atoms with Crippen LogP contribution in [0, 0.1) is 14.9 Å². The van der Waals surface area contributed by atoms with E-state index in [1.807, 2.05) is 34.9 Å². The highest BCUT2D eigenvalue weighted by molar-refractivity contribution is 14.1. The third-order valence-corrected chi connectivity index (χ3v) is 4.53. The Morgan fingerprint density at radius 1 is 1.29 bits per heavy atom. The summed E-state index contributed by atoms with van der Waals surface area (Å²) in [4.78, 5) is 4.57. The fourth-order valence-electron chi connectivity index (χ4n) is 2.25. The van der Waals surface area contributed by atoms with Crippen LogP contribution in [0.2, 0.25) is 0 Å². The summed E-state index contributed by atoms with van der Waals surface area (Å²) < 4.78 is 3.96. The zero-order chi connectivity index (χ0) is 15.0. The molecule has 2 aromatic carbocycles. The van der Waals surface area contributed by atoms with Gasteiger partial charge in [-0.25, -0.2) is 4.98 Å². The van der Waals surface area contributed by atoms with Crippen molar-refractivity contribution in [2.75, 3.05) is 0 Å². The van der Waals surface area contributed by atoms with Crippen LogP contribution in [-0.4, -0.2) is 9.55 Å². The molecule has 0 saturated heterocycles. The van der Waals surface area contributed by atoms with Crippen molar-refractivity contribution in [3.8, 4) is 11.8 Å². The van der Waals surface area contributed by atoms with Gasteiger partial charge in [0.05, 0.1) is 28.2 Å². The molecule has 0 spiro atoms. The molecule has 0 N–H and O–H groups in total. The quantitative estimate of drug-likeness (QED) is 0.389. The second-order valence-electron chi connectivity index (χ2n) is 4.40. The van der Waals surface area contributed by atoms with Crippen LogP contribution in [-0.2, 0) is 5.88 Å². The molecule has 1 aromatic heterocycles. The Kier molecular flexibility index (Phi) is 4.20. The lowest BCUT2D eigenvalue weighted by molar-refractivity contribution is 0.977. The molecule has 21 heavy (non-hydrogen) atoms. The van der Waals surface area contributed by atoms with Crippen LogP contribution in [0.5, 0.6) is 0 Å². The van der Waals surface area contributed by atoms with Crippen LogP contribution in [0.3, 0.4) is 0 Å². The number of hydrogen-bond acceptors (Lipinski definition) is 2. The van der Waals surface area contributed by atoms with E-state index < -0.39 is 0 Å². The molecule has 0 bridgehead atoms. The zero-order valence-electron chi connectivity index (χ0n) is 10.6. The lowest BCUT2D eigenvalue weighted by Gasteiger charge is -2.10. The first-order valence-electron chi connectivity index (χ1n) is 6.07. The molecule has 0 unspecified atom stereocenters. The topological polar surface area (TPSA) is 41.6 Å². The molecule has 3 aromatic rings. The van der Waals surface area contributed by atoms with Crippen molar-refractivity contribution >= 4 is 61.2 Å². The van der Waals surface area contributed by atoms with Crippen molar-refractivity contribution in [3.05, 3.63) is 55.8 Å². The SMILES string of the molecule is N#Cc1ccc(Br)cc1-n1c(CCl)nc2cc(I)ccc21. The minimum atomic E-state index is 0.280. The molecule has 0 aliphatic heterocycles. The Hall–Kier alpha value is -1.10. The highest BCUT2D eigenvalue weighted by Gasteiger charge is 2.15. The van der Waals surface area contributed by atoms with E-state index in [0.29, 0.717) is 5.56 Å². The molecule has 0 aliphatic carbocycles. The highest BCUT2D eigenvalue weighted by atomic mass is 127. The minimum absolute atomic E-state index is 0.280. The van der Waals surface area contributed by atoms with Gasteiger partial charge in [0, 0.05) is 8.04 Å². The van der Waals surface area contributed by atoms with Crippen molar-refractivity contribution in [2.45, 2.75) is 5.88 Å². The van der Waals surface area contributed by atoms with Gasteiger partial charge in [0.25, 0.3) is 0 Å². The third-order valence-electron chi connectivity index (χ3n) is 3.13. The van der Waals surface area contributed by atoms with Gasteiger partial charge in [-0.3, -0.25) is 4.57 Å². The molecule has 0 saturated carbocycles. The van der Waals surface area contributed by atoms with Crippen LogP contribution in [0.4, 0.5) is 0 Å². The Bertz CT molecular complexity index is 882. The largest absolute Gasteiger partial charge is 0.294 e. The van der Waals surface area contributed by atoms with Crippen LogP contribution in [0.15, 0.2) is 40.9 Å². The summed E-state index contributed by atoms with van der Waals surface area (Å²) in [7, 11) is 0. The summed E-state index contributed by atoms with van der Waals surface area (Å²) >= 11 is 11.8. The van der Waals surface area contributed by atoms with E-state index in [1.54, 1.807) is 6.07 Å². The van der Waals surface area contributed by atoms with E-state index in [0.717, 1.165) is 30.6 Å². The van der Waals surface area contributed by atoms with Gasteiger partial charge in [0.15, 0.2) is 0 Å². The van der Waals surface area contributed by atoms with E-state index in [1.165, 1.54) is 0 Å². The number of benzene rings is 2. The zero-order valence-corrected chi connectivity index (χ0v) is 15.1. The Balaban J connectivity index is 2.39. The van der Waals surface area contributed by atoms with Crippen LogP contribution < -0.4 is 0 Å². The molecular formula is C15H8BrClIN3. The Labute approximate surface area is 148 Å². The number of nitriles is 1. The summed E-state index contributed by atoms with van der Waals surface area (Å²) in [5, 5.41) is 9.35. The van der Waals surface area contributed by atoms with Gasteiger partial charge in [-0.2, -0.15) is 5.26 Å². The second kappa shape index (κ2) is 5.95. The van der Waals surface area contributed by atoms with Gasteiger partial charge >= 0.3 is 0 Å². The van der Waals surface area contributed by atoms with Gasteiger partial charge in [0.1, 0.15) is 11.9 Å². The summed E-state index contributed by atoms with van der Waals surface area (Å²) in [5.41, 5.74) is 3.19. The first-order valence-corrected chi connectivity index (χ1v) is 8.47. The number of fused-ring (bicyclic) bond motifs is 1. The number of hydrogen-bond donors (Lipinski definition) is 0. The predicted molar refractivity (Wildman–Crippen MR) is 95.8 cm³/mol. The molecule has 3 rings (SSSR count). The number of alkyl halides is 1. The Morgan fingerprint density at radius 2 is 2.10 bits per heavy atom. The van der Waals surface area contributed by atoms with Crippen molar-refractivity contribution in [2.24, 2.45) is 0 Å². The van der Waals surface area contributed by atoms with E-state index in [2.05, 4.69) is 49.6 Å². The van der Waals surface area contributed by atoms with Gasteiger partial charge < -0.3 is 0 Å². The van der Waals surface area contributed by atoms with E-state index in [-0.39, 0.29) is 5.88 Å². The summed E-state index contributed by atoms with van der Waals surface area (Å²) in [6.45, 7) is 0. The lowest BCUT2D eigenvalue weighted by Crippen LogP contribution is -2.02. The number of aromatic nitrogens is 2. The van der Waals surface area contributed by atoms with E-state index in [9.17, 15) is 5.26 Å². The molecule has 104 valence electrons. The normalized spacial score (nSPS) is 10.8. The molecule has 1 heterocycles. The lowest BCUT2D eigenvalue weighted by atomic mass is 10.2. The maximum atomic E-state index is 9.35. The molecule has 0 amide bonds. The third kappa shape index (κ3) is 2.68. The first-order chi connectivity index (χ1) is 10.1. The number of imidazole rings is 1. The molecular weight excluding hydrogens is 464 g/mol. The molecule has 0 atom stereocenters. The number of rotatable bonds is 2. The van der Waals surface area contributed by atoms with Gasteiger partial charge in [0.2, 0.25) is 0 Å². The van der Waals surface area contributed by atoms with Crippen molar-refractivity contribution < 1.29 is 0 Å². The minimum Gasteiger partial charge on any atom is -0.294 e. The highest BCUT2D eigenvalue weighted by Crippen LogP contribution is 2.28. The molecule has 6 heteroatoms. The monoisotopic (exact) mass is 471 g/mol. The fraction of sp³-hybridized carbons (Fsp3) is 0.0667. The van der Waals surface area contributed by atoms with Crippen molar-refractivity contribution in [1.29, 1.82) is 5.26 Å². The number of halogens is 3. The maximum Gasteiger partial charge on any atom is 0.129 e. The van der Waals surface area contributed by atoms with E-state index >= 15 is 0 Å². The average Bonchev–Trinajstić information content (AvgIpc) is 2.84. The summed E-state index contributed by atoms with van der Waals surface area (Å²) in [6.07, 6.45) is 0. The smallest absolute Gasteiger partial charge is 0.129 e. The van der Waals surface area contributed by atoms with Crippen LogP contribution in [0.25, 0.3) is 16.7 Å². The summed E-state index contributed by atoms with van der Waals surface area (Å²) in [5.74, 6) is 1.01. The molecule has 0 aliphatic rings. The van der Waals surface area contributed by atoms with Crippen molar-refractivity contribution in [1.82, 2.24) is 9.55 Å².